The summed E-state index contributed by atoms with van der Waals surface area (Å²) in [5.74, 6) is 0. The average molecular weight is 718 g/mol. The summed E-state index contributed by atoms with van der Waals surface area (Å²) in [6, 6.07) is 49.3. The Morgan fingerprint density at radius 2 is 1.11 bits per heavy atom. The Morgan fingerprint density at radius 3 is 1.95 bits per heavy atom. The van der Waals surface area contributed by atoms with Gasteiger partial charge in [-0.15, -0.1) is 0 Å². The zero-order valence-corrected chi connectivity index (χ0v) is 30.7. The number of benzene rings is 5. The standard InChI is InChI=1S/C51H35N5/c1-2-6-33(7-3-1)44-25-22-37-16-17-38-23-26-45(56-51(38)50(37)55-44)34-12-10-32(11-13-34)39-18-14-35-20-24-46(53-48(35)28-39)40-19-15-36-21-27-47(54-49(36)29-40)43-31-52-30-41-8-4-5-9-42(41)43/h1-3,5-7,9-21,23-24,26-31H,4,8,22,25H2. The second-order valence-corrected chi connectivity index (χ2v) is 14.8. The molecule has 1 aliphatic heterocycles. The molecule has 264 valence electrons. The maximum absolute atomic E-state index is 5.20. The van der Waals surface area contributed by atoms with Crippen molar-refractivity contribution in [2.45, 2.75) is 25.7 Å². The van der Waals surface area contributed by atoms with E-state index >= 15 is 0 Å². The minimum atomic E-state index is 0.922. The van der Waals surface area contributed by atoms with Crippen molar-refractivity contribution in [1.82, 2.24) is 19.9 Å². The Bertz CT molecular complexity index is 3070. The minimum absolute atomic E-state index is 0.922. The summed E-state index contributed by atoms with van der Waals surface area (Å²) < 4.78 is 0. The first-order valence-electron chi connectivity index (χ1n) is 19.3. The highest BCUT2D eigenvalue weighted by Gasteiger charge is 2.18. The molecule has 0 saturated heterocycles. The van der Waals surface area contributed by atoms with Crippen molar-refractivity contribution in [3.63, 3.8) is 0 Å². The van der Waals surface area contributed by atoms with Gasteiger partial charge in [0.05, 0.1) is 39.3 Å². The van der Waals surface area contributed by atoms with E-state index in [2.05, 4.69) is 157 Å². The maximum atomic E-state index is 5.20. The number of aromatic nitrogens is 4. The number of hydrogen-bond donors (Lipinski definition) is 0. The van der Waals surface area contributed by atoms with Crippen molar-refractivity contribution < 1.29 is 0 Å². The van der Waals surface area contributed by atoms with E-state index in [4.69, 9.17) is 19.9 Å². The molecule has 56 heavy (non-hydrogen) atoms. The van der Waals surface area contributed by atoms with Crippen LogP contribution in [0.3, 0.4) is 0 Å². The molecule has 5 heterocycles. The molecule has 0 radical (unpaired) electrons. The van der Waals surface area contributed by atoms with Gasteiger partial charge in [-0.3, -0.25) is 9.98 Å². The fourth-order valence-electron chi connectivity index (χ4n) is 8.26. The van der Waals surface area contributed by atoms with Gasteiger partial charge in [-0.2, -0.15) is 0 Å². The molecule has 1 aliphatic carbocycles. The number of rotatable bonds is 5. The smallest absolute Gasteiger partial charge is 0.0968 e. The lowest BCUT2D eigenvalue weighted by Crippen LogP contribution is -2.08. The topological polar surface area (TPSA) is 63.9 Å². The molecule has 0 amide bonds. The predicted octanol–water partition coefficient (Wildman–Crippen LogP) is 12.4. The average Bonchev–Trinajstić information content (AvgIpc) is 3.28. The lowest BCUT2D eigenvalue weighted by molar-refractivity contribution is 0.971. The number of pyridine rings is 4. The summed E-state index contributed by atoms with van der Waals surface area (Å²) in [5, 5.41) is 3.31. The molecule has 5 aromatic carbocycles. The molecular formula is C51H35N5. The third-order valence-corrected chi connectivity index (χ3v) is 11.3. The van der Waals surface area contributed by atoms with Crippen LogP contribution in [0.5, 0.6) is 0 Å². The SMILES string of the molecule is C1=Cc2c(cncc2-c2ccc3ccc(-c4ccc5ccc(-c6ccc(-c7ccc8ccc9c(c8n7)N=C(c7ccccc7)CC9)cc6)cc5n4)cc3n2)CC1. The number of nitrogens with zero attached hydrogens (tertiary/aromatic N) is 5. The van der Waals surface area contributed by atoms with Crippen LogP contribution in [-0.2, 0) is 12.8 Å². The van der Waals surface area contributed by atoms with Gasteiger partial charge in [0.15, 0.2) is 0 Å². The van der Waals surface area contributed by atoms with E-state index in [1.54, 1.807) is 0 Å². The number of allylic oxidation sites excluding steroid dienone is 1. The highest BCUT2D eigenvalue weighted by molar-refractivity contribution is 6.06. The van der Waals surface area contributed by atoms with Crippen LogP contribution in [0.4, 0.5) is 5.69 Å². The van der Waals surface area contributed by atoms with Crippen LogP contribution < -0.4 is 0 Å². The van der Waals surface area contributed by atoms with Gasteiger partial charge in [0, 0.05) is 51.0 Å². The zero-order valence-electron chi connectivity index (χ0n) is 30.7. The van der Waals surface area contributed by atoms with E-state index in [0.29, 0.717) is 0 Å². The molecule has 5 nitrogen and oxygen atoms in total. The minimum Gasteiger partial charge on any atom is -0.264 e. The Kier molecular flexibility index (Phi) is 7.69. The Morgan fingerprint density at radius 1 is 0.446 bits per heavy atom. The van der Waals surface area contributed by atoms with E-state index in [1.807, 2.05) is 12.4 Å². The molecule has 5 heteroatoms. The van der Waals surface area contributed by atoms with Gasteiger partial charge in [-0.05, 0) is 89.4 Å². The highest BCUT2D eigenvalue weighted by atomic mass is 14.8. The zero-order chi connectivity index (χ0) is 37.0. The quantitative estimate of drug-likeness (QED) is 0.178. The molecule has 2 aliphatic rings. The van der Waals surface area contributed by atoms with E-state index in [1.165, 1.54) is 22.3 Å². The lowest BCUT2D eigenvalue weighted by Gasteiger charge is -2.17. The van der Waals surface area contributed by atoms with E-state index in [0.717, 1.165) is 115 Å². The van der Waals surface area contributed by atoms with Crippen molar-refractivity contribution in [2.75, 3.05) is 0 Å². The maximum Gasteiger partial charge on any atom is 0.0968 e. The molecule has 4 aromatic heterocycles. The fourth-order valence-corrected chi connectivity index (χ4v) is 8.26. The summed E-state index contributed by atoms with van der Waals surface area (Å²) in [4.78, 5) is 25.2. The van der Waals surface area contributed by atoms with Gasteiger partial charge in [0.25, 0.3) is 0 Å². The largest absolute Gasteiger partial charge is 0.264 e. The Labute approximate surface area is 324 Å². The first kappa shape index (κ1) is 32.3. The molecule has 0 bridgehead atoms. The summed E-state index contributed by atoms with van der Waals surface area (Å²) in [5.41, 5.74) is 18.2. The van der Waals surface area contributed by atoms with Crippen LogP contribution in [0, 0.1) is 0 Å². The Hall–Kier alpha value is -7.11. The van der Waals surface area contributed by atoms with Crippen molar-refractivity contribution in [1.29, 1.82) is 0 Å². The van der Waals surface area contributed by atoms with E-state index < -0.39 is 0 Å². The van der Waals surface area contributed by atoms with Crippen molar-refractivity contribution in [3.8, 4) is 44.9 Å². The number of hydrogen-bond acceptors (Lipinski definition) is 5. The van der Waals surface area contributed by atoms with Gasteiger partial charge < -0.3 is 0 Å². The fraction of sp³-hybridized carbons (Fsp3) is 0.0784. The van der Waals surface area contributed by atoms with Gasteiger partial charge in [-0.1, -0.05) is 121 Å². The highest BCUT2D eigenvalue weighted by Crippen LogP contribution is 2.37. The molecule has 0 atom stereocenters. The molecule has 0 spiro atoms. The van der Waals surface area contributed by atoms with E-state index in [9.17, 15) is 0 Å². The number of fused-ring (bicyclic) bond motifs is 6. The second-order valence-electron chi connectivity index (χ2n) is 14.8. The lowest BCUT2D eigenvalue weighted by atomic mass is 9.94. The van der Waals surface area contributed by atoms with Crippen LogP contribution in [0.15, 0.2) is 163 Å². The van der Waals surface area contributed by atoms with Crippen molar-refractivity contribution in [2.24, 2.45) is 4.99 Å². The van der Waals surface area contributed by atoms with Crippen LogP contribution in [0.2, 0.25) is 0 Å². The molecule has 0 unspecified atom stereocenters. The summed E-state index contributed by atoms with van der Waals surface area (Å²) in [7, 11) is 0. The molecule has 0 saturated carbocycles. The van der Waals surface area contributed by atoms with Crippen molar-refractivity contribution >= 4 is 50.2 Å². The van der Waals surface area contributed by atoms with Crippen LogP contribution in [0.25, 0.3) is 83.7 Å². The molecular weight excluding hydrogens is 683 g/mol. The summed E-state index contributed by atoms with van der Waals surface area (Å²) >= 11 is 0. The summed E-state index contributed by atoms with van der Waals surface area (Å²) in [6.07, 6.45) is 12.3. The third-order valence-electron chi connectivity index (χ3n) is 11.3. The number of aliphatic imine (C=N–C) groups is 1. The molecule has 9 aromatic rings. The van der Waals surface area contributed by atoms with Gasteiger partial charge in [0.1, 0.15) is 0 Å². The first-order valence-corrected chi connectivity index (χ1v) is 19.3. The second kappa shape index (κ2) is 13.3. The van der Waals surface area contributed by atoms with Crippen molar-refractivity contribution in [3.05, 3.63) is 180 Å². The van der Waals surface area contributed by atoms with E-state index in [-0.39, 0.29) is 0 Å². The van der Waals surface area contributed by atoms with Gasteiger partial charge in [-0.25, -0.2) is 15.0 Å². The molecule has 0 fully saturated rings. The van der Waals surface area contributed by atoms with Gasteiger partial charge >= 0.3 is 0 Å². The summed E-state index contributed by atoms with van der Waals surface area (Å²) in [6.45, 7) is 0. The van der Waals surface area contributed by atoms with Gasteiger partial charge in [0.2, 0.25) is 0 Å². The van der Waals surface area contributed by atoms with Crippen LogP contribution in [-0.4, -0.2) is 25.6 Å². The predicted molar refractivity (Wildman–Crippen MR) is 230 cm³/mol. The monoisotopic (exact) mass is 717 g/mol. The van der Waals surface area contributed by atoms with Crippen LogP contribution >= 0.6 is 0 Å². The first-order chi connectivity index (χ1) is 27.7. The molecule has 0 N–H and O–H groups in total. The molecule has 11 rings (SSSR count). The normalized spacial score (nSPS) is 13.5. The Balaban J connectivity index is 0.894. The third kappa shape index (κ3) is 5.76. The number of aryl methyl sites for hydroxylation is 2. The van der Waals surface area contributed by atoms with Crippen LogP contribution in [0.1, 0.15) is 35.1 Å².